The molecule has 0 rings (SSSR count). The molecule has 0 saturated heterocycles. The van der Waals surface area contributed by atoms with Gasteiger partial charge in [-0.15, -0.1) is 19.0 Å². The van der Waals surface area contributed by atoms with Crippen LogP contribution in [-0.2, 0) is 9.53 Å². The molecule has 0 spiro atoms. The third kappa shape index (κ3) is 11.4. The molecule has 13 heavy (non-hydrogen) atoms. The topological polar surface area (TPSA) is 90.4 Å². The summed E-state index contributed by atoms with van der Waals surface area (Å²) >= 11 is 0. The van der Waals surface area contributed by atoms with Crippen LogP contribution in [0.3, 0.4) is 0 Å². The van der Waals surface area contributed by atoms with E-state index in [9.17, 15) is 4.79 Å². The van der Waals surface area contributed by atoms with Gasteiger partial charge in [-0.1, -0.05) is 6.08 Å². The van der Waals surface area contributed by atoms with Crippen molar-refractivity contribution < 1.29 is 9.53 Å². The van der Waals surface area contributed by atoms with E-state index in [-0.39, 0.29) is 19.0 Å². The Morgan fingerprint density at radius 3 is 2.62 bits per heavy atom. The molecular weight excluding hydrogens is 194 g/mol. The van der Waals surface area contributed by atoms with Crippen molar-refractivity contribution in [2.45, 2.75) is 12.8 Å². The molecule has 0 fully saturated rings. The lowest BCUT2D eigenvalue weighted by Crippen LogP contribution is -2.51. The molecule has 0 aromatic carbocycles. The van der Waals surface area contributed by atoms with Crippen LogP contribution in [0.2, 0.25) is 0 Å². The molecule has 0 aliphatic rings. The fourth-order valence-corrected chi connectivity index (χ4v) is 0.558. The Labute approximate surface area is 83.9 Å². The summed E-state index contributed by atoms with van der Waals surface area (Å²) in [7, 11) is 0. The van der Waals surface area contributed by atoms with Crippen molar-refractivity contribution in [2.24, 2.45) is 11.5 Å². The van der Waals surface area contributed by atoms with Crippen LogP contribution in [0.5, 0.6) is 0 Å². The quantitative estimate of drug-likeness (QED) is 0.242. The summed E-state index contributed by atoms with van der Waals surface area (Å²) in [6, 6.07) is 0. The van der Waals surface area contributed by atoms with E-state index >= 15 is 0 Å². The lowest BCUT2D eigenvalue weighted by molar-refractivity contribution is -0.155. The smallest absolute Gasteiger partial charge is 0.322 e. The van der Waals surface area contributed by atoms with E-state index in [1.165, 1.54) is 6.92 Å². The number of hydrogen-bond acceptors (Lipinski definition) is 5. The maximum absolute atomic E-state index is 10.9. The number of rotatable bonds is 5. The second-order valence-electron chi connectivity index (χ2n) is 2.58. The van der Waals surface area contributed by atoms with Crippen molar-refractivity contribution >= 4 is 18.4 Å². The van der Waals surface area contributed by atoms with Crippen LogP contribution in [0.1, 0.15) is 6.92 Å². The van der Waals surface area contributed by atoms with Crippen LogP contribution in [0.25, 0.3) is 0 Å². The number of carbonyl (C=O) groups is 1. The molecule has 5 N–H and O–H groups in total. The first-order chi connectivity index (χ1) is 5.45. The van der Waals surface area contributed by atoms with Gasteiger partial charge >= 0.3 is 5.97 Å². The molecule has 0 aliphatic heterocycles. The Hall–Kier alpha value is -0.620. The second kappa shape index (κ2) is 6.85. The van der Waals surface area contributed by atoms with E-state index in [0.29, 0.717) is 6.54 Å². The Morgan fingerprint density at radius 2 is 2.23 bits per heavy atom. The van der Waals surface area contributed by atoms with Gasteiger partial charge in [0.15, 0.2) is 0 Å². The lowest BCUT2D eigenvalue weighted by atomic mass is 10.5. The van der Waals surface area contributed by atoms with Crippen molar-refractivity contribution in [2.75, 3.05) is 13.1 Å². The first-order valence-corrected chi connectivity index (χ1v) is 3.57. The van der Waals surface area contributed by atoms with Gasteiger partial charge in [0.25, 0.3) is 0 Å². The van der Waals surface area contributed by atoms with E-state index in [2.05, 4.69) is 16.6 Å². The highest BCUT2D eigenvalue weighted by atomic mass is 35.5. The summed E-state index contributed by atoms with van der Waals surface area (Å²) < 4.78 is 4.60. The molecule has 0 aliphatic carbocycles. The monoisotopic (exact) mass is 209 g/mol. The van der Waals surface area contributed by atoms with Crippen LogP contribution < -0.4 is 16.8 Å². The molecule has 0 atom stereocenters. The molecule has 78 valence electrons. The summed E-state index contributed by atoms with van der Waals surface area (Å²) in [5.41, 5.74) is 10.5. The normalized spacial score (nSPS) is 10.1. The maximum atomic E-state index is 10.9. The molecular formula is C7H16ClN3O2. The number of hydrogen-bond donors (Lipinski definition) is 3. The highest BCUT2D eigenvalue weighted by Gasteiger charge is 2.16. The third-order valence-corrected chi connectivity index (χ3v) is 0.892. The van der Waals surface area contributed by atoms with Crippen molar-refractivity contribution in [3.63, 3.8) is 0 Å². The van der Waals surface area contributed by atoms with Gasteiger partial charge in [-0.25, -0.2) is 0 Å². The van der Waals surface area contributed by atoms with Crippen LogP contribution in [-0.4, -0.2) is 24.9 Å². The Bertz CT molecular complexity index is 168. The molecule has 0 amide bonds. The summed E-state index contributed by atoms with van der Waals surface area (Å²) in [4.78, 5) is 10.9. The number of nitrogens with two attached hydrogens (primary N) is 2. The van der Waals surface area contributed by atoms with Gasteiger partial charge in [0.1, 0.15) is 0 Å². The minimum atomic E-state index is -1.40. The summed E-state index contributed by atoms with van der Waals surface area (Å²) in [5, 5.41) is 2.75. The highest BCUT2D eigenvalue weighted by Crippen LogP contribution is 1.90. The van der Waals surface area contributed by atoms with Gasteiger partial charge < -0.3 is 10.1 Å². The van der Waals surface area contributed by atoms with Gasteiger partial charge in [0.05, 0.1) is 6.54 Å². The molecule has 0 aromatic heterocycles. The maximum Gasteiger partial charge on any atom is 0.322 e. The van der Waals surface area contributed by atoms with Crippen LogP contribution in [0.4, 0.5) is 0 Å². The van der Waals surface area contributed by atoms with Gasteiger partial charge in [-0.3, -0.25) is 16.3 Å². The highest BCUT2D eigenvalue weighted by molar-refractivity contribution is 5.85. The lowest BCUT2D eigenvalue weighted by Gasteiger charge is -2.18. The van der Waals surface area contributed by atoms with Crippen LogP contribution >= 0.6 is 12.4 Å². The number of nitrogens with one attached hydrogen (secondary N) is 1. The second-order valence-corrected chi connectivity index (χ2v) is 2.58. The van der Waals surface area contributed by atoms with Crippen molar-refractivity contribution in [1.29, 1.82) is 0 Å². The SMILES string of the molecule is C=CCNCC(=O)OC(C)(N)N.Cl. The molecule has 0 radical (unpaired) electrons. The molecule has 0 bridgehead atoms. The van der Waals surface area contributed by atoms with Crippen LogP contribution in [0, 0.1) is 0 Å². The first-order valence-electron chi connectivity index (χ1n) is 3.57. The summed E-state index contributed by atoms with van der Waals surface area (Å²) in [5.74, 6) is -1.88. The Kier molecular flexibility index (Phi) is 7.84. The van der Waals surface area contributed by atoms with E-state index < -0.39 is 11.8 Å². The van der Waals surface area contributed by atoms with Crippen molar-refractivity contribution in [3.8, 4) is 0 Å². The minimum absolute atomic E-state index is 0. The molecule has 0 saturated carbocycles. The Morgan fingerprint density at radius 1 is 1.69 bits per heavy atom. The fourth-order valence-electron chi connectivity index (χ4n) is 0.558. The van der Waals surface area contributed by atoms with Gasteiger partial charge in [0, 0.05) is 13.5 Å². The number of carbonyl (C=O) groups excluding carboxylic acids is 1. The molecule has 0 unspecified atom stereocenters. The molecule has 0 aromatic rings. The largest absolute Gasteiger partial charge is 0.430 e. The predicted molar refractivity (Wildman–Crippen MR) is 53.2 cm³/mol. The van der Waals surface area contributed by atoms with Gasteiger partial charge in [-0.2, -0.15) is 0 Å². The zero-order valence-electron chi connectivity index (χ0n) is 7.58. The number of esters is 1. The molecule has 0 heterocycles. The first kappa shape index (κ1) is 14.9. The average molecular weight is 210 g/mol. The average Bonchev–Trinajstić information content (AvgIpc) is 1.84. The predicted octanol–water partition coefficient (Wildman–Crippen LogP) is -0.682. The van der Waals surface area contributed by atoms with Gasteiger partial charge in [-0.05, 0) is 0 Å². The summed E-state index contributed by atoms with van der Waals surface area (Å²) in [6.45, 7) is 5.49. The van der Waals surface area contributed by atoms with Crippen molar-refractivity contribution in [3.05, 3.63) is 12.7 Å². The third-order valence-electron chi connectivity index (χ3n) is 0.892. The minimum Gasteiger partial charge on any atom is -0.430 e. The van der Waals surface area contributed by atoms with E-state index in [0.717, 1.165) is 0 Å². The zero-order valence-corrected chi connectivity index (χ0v) is 8.39. The Balaban J connectivity index is 0. The summed E-state index contributed by atoms with van der Waals surface area (Å²) in [6.07, 6.45) is 1.64. The van der Waals surface area contributed by atoms with Crippen molar-refractivity contribution in [1.82, 2.24) is 5.32 Å². The van der Waals surface area contributed by atoms with E-state index in [1.54, 1.807) is 6.08 Å². The number of halogens is 1. The van der Waals surface area contributed by atoms with E-state index in [1.807, 2.05) is 0 Å². The fraction of sp³-hybridized carbons (Fsp3) is 0.571. The standard InChI is InChI=1S/C7H15N3O2.ClH/c1-3-4-10-5-6(11)12-7(2,8)9;/h3,10H,1,4-5,8-9H2,2H3;1H. The zero-order chi connectivity index (χ0) is 9.61. The van der Waals surface area contributed by atoms with E-state index in [4.69, 9.17) is 11.5 Å². The van der Waals surface area contributed by atoms with Crippen LogP contribution in [0.15, 0.2) is 12.7 Å². The molecule has 5 nitrogen and oxygen atoms in total. The number of ether oxygens (including phenoxy) is 1. The molecule has 6 heteroatoms. The van der Waals surface area contributed by atoms with Gasteiger partial charge in [0.2, 0.25) is 5.85 Å².